The lowest BCUT2D eigenvalue weighted by Crippen LogP contribution is -1.96. The molecule has 0 fully saturated rings. The average molecular weight is 110 g/mol. The van der Waals surface area contributed by atoms with Crippen molar-refractivity contribution in [1.29, 1.82) is 0 Å². The van der Waals surface area contributed by atoms with E-state index in [2.05, 4.69) is 22.0 Å². The first-order chi connectivity index (χ1) is 3.80. The van der Waals surface area contributed by atoms with Gasteiger partial charge in [0.1, 0.15) is 0 Å². The van der Waals surface area contributed by atoms with E-state index in [0.717, 1.165) is 5.70 Å². The highest BCUT2D eigenvalue weighted by Crippen LogP contribution is 1.87. The predicted molar refractivity (Wildman–Crippen MR) is 28.8 cm³/mol. The molecule has 0 bridgehead atoms. The zero-order valence-electron chi connectivity index (χ0n) is 4.57. The van der Waals surface area contributed by atoms with Crippen LogP contribution in [0.5, 0.6) is 0 Å². The van der Waals surface area contributed by atoms with Crippen molar-refractivity contribution >= 4 is 5.70 Å². The van der Waals surface area contributed by atoms with Gasteiger partial charge in [-0.3, -0.25) is 0 Å². The van der Waals surface area contributed by atoms with Crippen LogP contribution < -0.4 is 0 Å². The van der Waals surface area contributed by atoms with Crippen molar-refractivity contribution in [2.45, 2.75) is 6.92 Å². The number of nitrogens with zero attached hydrogens (tertiary/aromatic N) is 4. The standard InChI is InChI=1S/C4H6N4/c1-4(2)8-6-3-5-7-8/h3H,1H2,2H3. The van der Waals surface area contributed by atoms with Crippen LogP contribution >= 0.6 is 0 Å². The monoisotopic (exact) mass is 110 g/mol. The second-order valence-corrected chi connectivity index (χ2v) is 1.46. The first kappa shape index (κ1) is 4.96. The van der Waals surface area contributed by atoms with Gasteiger partial charge in [-0.15, -0.1) is 15.0 Å². The SMILES string of the molecule is C=C(C)n1ncnn1. The molecule has 1 rings (SSSR count). The molecule has 8 heavy (non-hydrogen) atoms. The fraction of sp³-hybridized carbons (Fsp3) is 0.250. The van der Waals surface area contributed by atoms with Crippen LogP contribution in [0, 0.1) is 0 Å². The maximum atomic E-state index is 3.71. The van der Waals surface area contributed by atoms with Crippen molar-refractivity contribution in [3.05, 3.63) is 12.9 Å². The topological polar surface area (TPSA) is 43.6 Å². The molecule has 0 N–H and O–H groups in total. The molecule has 1 heterocycles. The molecule has 1 aromatic heterocycles. The Balaban J connectivity index is 2.93. The van der Waals surface area contributed by atoms with Gasteiger partial charge in [-0.2, -0.15) is 0 Å². The van der Waals surface area contributed by atoms with Crippen molar-refractivity contribution in [2.75, 3.05) is 0 Å². The summed E-state index contributed by atoms with van der Waals surface area (Å²) in [6.07, 6.45) is 1.37. The van der Waals surface area contributed by atoms with Gasteiger partial charge in [0.05, 0.1) is 5.70 Å². The molecule has 0 radical (unpaired) electrons. The van der Waals surface area contributed by atoms with Crippen molar-refractivity contribution in [2.24, 2.45) is 0 Å². The lowest BCUT2D eigenvalue weighted by atomic mass is 10.6. The summed E-state index contributed by atoms with van der Waals surface area (Å²) >= 11 is 0. The van der Waals surface area contributed by atoms with Crippen molar-refractivity contribution in [3.63, 3.8) is 0 Å². The van der Waals surface area contributed by atoms with Gasteiger partial charge in [-0.1, -0.05) is 6.58 Å². The average Bonchev–Trinajstić information content (AvgIpc) is 2.12. The largest absolute Gasteiger partial charge is 0.162 e. The summed E-state index contributed by atoms with van der Waals surface area (Å²) in [5, 5.41) is 10.8. The molecule has 0 aromatic carbocycles. The van der Waals surface area contributed by atoms with Crippen LogP contribution in [0.2, 0.25) is 0 Å². The third-order valence-electron chi connectivity index (χ3n) is 0.690. The van der Waals surface area contributed by atoms with Crippen molar-refractivity contribution in [1.82, 2.24) is 20.2 Å². The van der Waals surface area contributed by atoms with Crippen LogP contribution in [0.4, 0.5) is 0 Å². The van der Waals surface area contributed by atoms with E-state index in [4.69, 9.17) is 0 Å². The second kappa shape index (κ2) is 1.73. The lowest BCUT2D eigenvalue weighted by Gasteiger charge is -1.88. The Morgan fingerprint density at radius 2 is 2.50 bits per heavy atom. The molecule has 4 nitrogen and oxygen atoms in total. The van der Waals surface area contributed by atoms with E-state index in [1.807, 2.05) is 6.92 Å². The second-order valence-electron chi connectivity index (χ2n) is 1.46. The summed E-state index contributed by atoms with van der Waals surface area (Å²) in [4.78, 5) is 1.36. The van der Waals surface area contributed by atoms with Crippen molar-refractivity contribution < 1.29 is 0 Å². The number of rotatable bonds is 1. The highest BCUT2D eigenvalue weighted by molar-refractivity contribution is 5.32. The van der Waals surface area contributed by atoms with Crippen LogP contribution in [0.25, 0.3) is 5.70 Å². The molecule has 42 valence electrons. The Labute approximate surface area is 46.8 Å². The quantitative estimate of drug-likeness (QED) is 0.517. The minimum Gasteiger partial charge on any atom is -0.136 e. The zero-order valence-corrected chi connectivity index (χ0v) is 4.57. The van der Waals surface area contributed by atoms with Crippen LogP contribution in [0.3, 0.4) is 0 Å². The normalized spacial score (nSPS) is 9.12. The number of hydrogen-bond acceptors (Lipinski definition) is 3. The van der Waals surface area contributed by atoms with E-state index in [-0.39, 0.29) is 0 Å². The van der Waals surface area contributed by atoms with E-state index in [1.165, 1.54) is 11.1 Å². The highest BCUT2D eigenvalue weighted by atomic mass is 15.6. The Hall–Kier alpha value is -1.19. The number of tetrazole rings is 1. The summed E-state index contributed by atoms with van der Waals surface area (Å²) < 4.78 is 0. The summed E-state index contributed by atoms with van der Waals surface area (Å²) in [7, 11) is 0. The van der Waals surface area contributed by atoms with E-state index >= 15 is 0 Å². The molecule has 4 heteroatoms. The molecule has 0 aliphatic heterocycles. The van der Waals surface area contributed by atoms with Gasteiger partial charge in [0, 0.05) is 0 Å². The first-order valence-corrected chi connectivity index (χ1v) is 2.19. The molecule has 0 aliphatic rings. The molecular formula is C4H6N4. The fourth-order valence-corrected chi connectivity index (χ4v) is 0.342. The summed E-state index contributed by atoms with van der Waals surface area (Å²) in [5.41, 5.74) is 0.766. The van der Waals surface area contributed by atoms with E-state index in [1.54, 1.807) is 0 Å². The van der Waals surface area contributed by atoms with Crippen LogP contribution in [0.15, 0.2) is 12.9 Å². The van der Waals surface area contributed by atoms with Crippen molar-refractivity contribution in [3.8, 4) is 0 Å². The van der Waals surface area contributed by atoms with Gasteiger partial charge < -0.3 is 0 Å². The maximum Gasteiger partial charge on any atom is 0.162 e. The molecule has 0 amide bonds. The molecule has 0 saturated heterocycles. The van der Waals surface area contributed by atoms with Crippen LogP contribution in [0.1, 0.15) is 6.92 Å². The Morgan fingerprint density at radius 1 is 1.75 bits per heavy atom. The van der Waals surface area contributed by atoms with Gasteiger partial charge in [0.15, 0.2) is 6.33 Å². The molecule has 0 unspecified atom stereocenters. The smallest absolute Gasteiger partial charge is 0.136 e. The maximum absolute atomic E-state index is 3.71. The Kier molecular flexibility index (Phi) is 1.07. The Morgan fingerprint density at radius 3 is 2.75 bits per heavy atom. The van der Waals surface area contributed by atoms with Gasteiger partial charge in [0.2, 0.25) is 0 Å². The van der Waals surface area contributed by atoms with Crippen LogP contribution in [-0.2, 0) is 0 Å². The van der Waals surface area contributed by atoms with Crippen LogP contribution in [-0.4, -0.2) is 20.2 Å². The fourth-order valence-electron chi connectivity index (χ4n) is 0.342. The summed E-state index contributed by atoms with van der Waals surface area (Å²) in [6.45, 7) is 5.40. The molecule has 1 aromatic rings. The lowest BCUT2D eigenvalue weighted by molar-refractivity contribution is 0.734. The van der Waals surface area contributed by atoms with Gasteiger partial charge in [-0.05, 0) is 12.1 Å². The van der Waals surface area contributed by atoms with Gasteiger partial charge in [0.25, 0.3) is 0 Å². The Bertz CT molecular complexity index is 176. The molecule has 0 atom stereocenters. The van der Waals surface area contributed by atoms with Gasteiger partial charge >= 0.3 is 0 Å². The molecule has 0 aliphatic carbocycles. The highest BCUT2D eigenvalue weighted by Gasteiger charge is 1.87. The number of allylic oxidation sites excluding steroid dienone is 1. The van der Waals surface area contributed by atoms with E-state index in [9.17, 15) is 0 Å². The zero-order chi connectivity index (χ0) is 5.98. The first-order valence-electron chi connectivity index (χ1n) is 2.19. The third kappa shape index (κ3) is 0.726. The predicted octanol–water partition coefficient (Wildman–Crippen LogP) is 0.164. The summed E-state index contributed by atoms with van der Waals surface area (Å²) in [5.74, 6) is 0. The van der Waals surface area contributed by atoms with E-state index < -0.39 is 0 Å². The summed E-state index contributed by atoms with van der Waals surface area (Å²) in [6, 6.07) is 0. The van der Waals surface area contributed by atoms with E-state index in [0.29, 0.717) is 0 Å². The number of hydrogen-bond donors (Lipinski definition) is 0. The number of aromatic nitrogens is 4. The van der Waals surface area contributed by atoms with Gasteiger partial charge in [-0.25, -0.2) is 0 Å². The molecule has 0 spiro atoms. The molecule has 0 saturated carbocycles. The third-order valence-corrected chi connectivity index (χ3v) is 0.690. The minimum atomic E-state index is 0.766. The molecular weight excluding hydrogens is 104 g/mol. The minimum absolute atomic E-state index is 0.766.